The average Bonchev–Trinajstić information content (AvgIpc) is 2.70. The molecule has 1 atom stereocenters. The predicted octanol–water partition coefficient (Wildman–Crippen LogP) is 5.14. The Morgan fingerprint density at radius 1 is 1.26 bits per heavy atom. The Kier molecular flexibility index (Phi) is 7.83. The number of alkyl halides is 3. The van der Waals surface area contributed by atoms with Gasteiger partial charge in [-0.1, -0.05) is 24.3 Å². The van der Waals surface area contributed by atoms with Gasteiger partial charge in [-0.05, 0) is 24.3 Å². The number of hydrogen-bond acceptors (Lipinski definition) is 7. The molecule has 0 fully saturated rings. The summed E-state index contributed by atoms with van der Waals surface area (Å²) in [5.41, 5.74) is -1.50. The molecule has 0 spiro atoms. The third kappa shape index (κ3) is 6.33. The first-order chi connectivity index (χ1) is 14.6. The van der Waals surface area contributed by atoms with Crippen LogP contribution >= 0.6 is 11.6 Å². The maximum atomic E-state index is 12.8. The average molecular weight is 462 g/mol. The summed E-state index contributed by atoms with van der Waals surface area (Å²) in [5.74, 6) is -1.57. The van der Waals surface area contributed by atoms with Gasteiger partial charge < -0.3 is 18.9 Å². The SMILES string of the molecule is C=CCOC(=O)C(OC)Oc1cc(Oc2ccc(C(F)(F)F)cc2Cl)ccc1[N+](=O)[O-]. The van der Waals surface area contributed by atoms with Gasteiger partial charge in [-0.2, -0.15) is 13.2 Å². The van der Waals surface area contributed by atoms with Crippen molar-refractivity contribution < 1.29 is 41.8 Å². The molecule has 2 rings (SSSR count). The number of methoxy groups -OCH3 is 1. The van der Waals surface area contributed by atoms with Crippen molar-refractivity contribution in [2.45, 2.75) is 12.5 Å². The van der Waals surface area contributed by atoms with Crippen molar-refractivity contribution in [3.63, 3.8) is 0 Å². The van der Waals surface area contributed by atoms with Gasteiger partial charge in [0.2, 0.25) is 5.75 Å². The molecule has 0 heterocycles. The Labute approximate surface area is 178 Å². The number of nitro benzene ring substituents is 1. The quantitative estimate of drug-likeness (QED) is 0.168. The van der Waals surface area contributed by atoms with Gasteiger partial charge >= 0.3 is 17.8 Å². The fourth-order valence-electron chi connectivity index (χ4n) is 2.21. The first kappa shape index (κ1) is 24.0. The van der Waals surface area contributed by atoms with E-state index in [1.165, 1.54) is 12.1 Å². The topological polar surface area (TPSA) is 97.1 Å². The van der Waals surface area contributed by atoms with E-state index in [0.717, 1.165) is 31.4 Å². The van der Waals surface area contributed by atoms with Crippen LogP contribution in [0.5, 0.6) is 17.2 Å². The van der Waals surface area contributed by atoms with Gasteiger partial charge in [0, 0.05) is 19.2 Å². The normalized spacial score (nSPS) is 12.0. The van der Waals surface area contributed by atoms with Crippen molar-refractivity contribution in [2.24, 2.45) is 0 Å². The van der Waals surface area contributed by atoms with E-state index < -0.39 is 40.4 Å². The fourth-order valence-corrected chi connectivity index (χ4v) is 2.43. The van der Waals surface area contributed by atoms with E-state index >= 15 is 0 Å². The van der Waals surface area contributed by atoms with Crippen LogP contribution in [0.25, 0.3) is 0 Å². The molecule has 2 aromatic carbocycles. The molecule has 0 saturated carbocycles. The van der Waals surface area contributed by atoms with Crippen LogP contribution in [-0.4, -0.2) is 30.9 Å². The van der Waals surface area contributed by atoms with E-state index in [1.807, 2.05) is 0 Å². The lowest BCUT2D eigenvalue weighted by molar-refractivity contribution is -0.386. The first-order valence-electron chi connectivity index (χ1n) is 8.36. The summed E-state index contributed by atoms with van der Waals surface area (Å²) in [6, 6.07) is 5.69. The van der Waals surface area contributed by atoms with Crippen LogP contribution in [0.15, 0.2) is 49.1 Å². The van der Waals surface area contributed by atoms with Gasteiger partial charge in [-0.15, -0.1) is 0 Å². The number of carbonyl (C=O) groups is 1. The maximum Gasteiger partial charge on any atom is 0.416 e. The highest BCUT2D eigenvalue weighted by molar-refractivity contribution is 6.32. The molecular weight excluding hydrogens is 447 g/mol. The number of benzene rings is 2. The van der Waals surface area contributed by atoms with Gasteiger partial charge in [0.05, 0.1) is 15.5 Å². The summed E-state index contributed by atoms with van der Waals surface area (Å²) in [5, 5.41) is 10.9. The van der Waals surface area contributed by atoms with Crippen molar-refractivity contribution in [3.8, 4) is 17.2 Å². The summed E-state index contributed by atoms with van der Waals surface area (Å²) in [7, 11) is 1.12. The number of esters is 1. The molecule has 0 saturated heterocycles. The molecule has 8 nitrogen and oxygen atoms in total. The smallest absolute Gasteiger partial charge is 0.416 e. The number of nitro groups is 1. The van der Waals surface area contributed by atoms with E-state index in [1.54, 1.807) is 0 Å². The third-order valence-corrected chi connectivity index (χ3v) is 3.89. The molecule has 0 aromatic heterocycles. The van der Waals surface area contributed by atoms with Crippen LogP contribution in [0.1, 0.15) is 5.56 Å². The minimum absolute atomic E-state index is 0.0587. The summed E-state index contributed by atoms with van der Waals surface area (Å²) >= 11 is 5.85. The highest BCUT2D eigenvalue weighted by atomic mass is 35.5. The molecule has 1 unspecified atom stereocenters. The molecule has 166 valence electrons. The van der Waals surface area contributed by atoms with Crippen molar-refractivity contribution in [1.82, 2.24) is 0 Å². The largest absolute Gasteiger partial charge is 0.457 e. The third-order valence-electron chi connectivity index (χ3n) is 3.60. The van der Waals surface area contributed by atoms with Crippen LogP contribution in [0, 0.1) is 10.1 Å². The Balaban J connectivity index is 2.32. The van der Waals surface area contributed by atoms with E-state index in [4.69, 9.17) is 30.5 Å². The second-order valence-corrected chi connectivity index (χ2v) is 6.14. The molecule has 0 aliphatic carbocycles. The second kappa shape index (κ2) is 10.1. The molecular formula is C19H15ClF3NO7. The van der Waals surface area contributed by atoms with Crippen LogP contribution in [0.2, 0.25) is 5.02 Å². The van der Waals surface area contributed by atoms with Crippen LogP contribution in [0.3, 0.4) is 0 Å². The predicted molar refractivity (Wildman–Crippen MR) is 102 cm³/mol. The van der Waals surface area contributed by atoms with Gasteiger partial charge in [-0.25, -0.2) is 4.79 Å². The van der Waals surface area contributed by atoms with E-state index in [2.05, 4.69) is 6.58 Å². The first-order valence-corrected chi connectivity index (χ1v) is 8.74. The minimum Gasteiger partial charge on any atom is -0.457 e. The highest BCUT2D eigenvalue weighted by Gasteiger charge is 2.31. The Morgan fingerprint density at radius 2 is 1.97 bits per heavy atom. The lowest BCUT2D eigenvalue weighted by Gasteiger charge is -2.16. The number of rotatable bonds is 9. The zero-order chi connectivity index (χ0) is 23.2. The van der Waals surface area contributed by atoms with Gasteiger partial charge in [0.1, 0.15) is 18.1 Å². The van der Waals surface area contributed by atoms with Gasteiger partial charge in [0.25, 0.3) is 6.29 Å². The van der Waals surface area contributed by atoms with Crippen molar-refractivity contribution in [3.05, 3.63) is 69.8 Å². The zero-order valence-electron chi connectivity index (χ0n) is 15.8. The standard InChI is InChI=1S/C19H15ClF3NO7/c1-3-8-29-17(25)18(28-2)31-16-10-12(5-6-14(16)24(26)27)30-15-7-4-11(9-13(15)20)19(21,22)23/h3-7,9-10,18H,1,8H2,2H3. The molecule has 0 radical (unpaired) electrons. The molecule has 0 N–H and O–H groups in total. The Hall–Kier alpha value is -3.31. The Morgan fingerprint density at radius 3 is 2.52 bits per heavy atom. The van der Waals surface area contributed by atoms with E-state index in [9.17, 15) is 28.1 Å². The van der Waals surface area contributed by atoms with Crippen molar-refractivity contribution >= 4 is 23.3 Å². The molecule has 12 heteroatoms. The van der Waals surface area contributed by atoms with Crippen LogP contribution in [0.4, 0.5) is 18.9 Å². The van der Waals surface area contributed by atoms with E-state index in [0.29, 0.717) is 6.07 Å². The molecule has 0 aliphatic rings. The summed E-state index contributed by atoms with van der Waals surface area (Å²) in [4.78, 5) is 22.4. The lowest BCUT2D eigenvalue weighted by Crippen LogP contribution is -2.31. The fraction of sp³-hybridized carbons (Fsp3) is 0.211. The Bertz CT molecular complexity index is 981. The van der Waals surface area contributed by atoms with Crippen molar-refractivity contribution in [1.29, 1.82) is 0 Å². The summed E-state index contributed by atoms with van der Waals surface area (Å²) in [6.45, 7) is 3.24. The molecule has 31 heavy (non-hydrogen) atoms. The van der Waals surface area contributed by atoms with Crippen molar-refractivity contribution in [2.75, 3.05) is 13.7 Å². The van der Waals surface area contributed by atoms with Crippen LogP contribution in [-0.2, 0) is 20.4 Å². The number of ether oxygens (including phenoxy) is 4. The maximum absolute atomic E-state index is 12.8. The monoisotopic (exact) mass is 461 g/mol. The minimum atomic E-state index is -4.59. The molecule has 0 amide bonds. The number of halogens is 4. The molecule has 0 bridgehead atoms. The highest BCUT2D eigenvalue weighted by Crippen LogP contribution is 2.38. The van der Waals surface area contributed by atoms with Crippen LogP contribution < -0.4 is 9.47 Å². The number of hydrogen-bond donors (Lipinski definition) is 0. The van der Waals surface area contributed by atoms with Gasteiger partial charge in [-0.3, -0.25) is 10.1 Å². The molecule has 0 aliphatic heterocycles. The summed E-state index contributed by atoms with van der Waals surface area (Å²) in [6.07, 6.45) is -4.93. The summed E-state index contributed by atoms with van der Waals surface area (Å²) < 4.78 is 58.6. The lowest BCUT2D eigenvalue weighted by atomic mass is 10.2. The number of carbonyl (C=O) groups excluding carboxylic acids is 1. The van der Waals surface area contributed by atoms with E-state index in [-0.39, 0.29) is 23.1 Å². The second-order valence-electron chi connectivity index (χ2n) is 5.74. The van der Waals surface area contributed by atoms with Gasteiger partial charge in [0.15, 0.2) is 0 Å². The zero-order valence-corrected chi connectivity index (χ0v) is 16.6. The molecule has 2 aromatic rings. The number of nitrogens with zero attached hydrogens (tertiary/aromatic N) is 1.